The summed E-state index contributed by atoms with van der Waals surface area (Å²) in [6.45, 7) is 2.66. The minimum atomic E-state index is 0.239. The Hall–Kier alpha value is -0.0700. The Morgan fingerprint density at radius 3 is 2.50 bits per heavy atom. The van der Waals surface area contributed by atoms with Crippen molar-refractivity contribution < 1.29 is 4.79 Å². The van der Waals surface area contributed by atoms with Gasteiger partial charge in [0.1, 0.15) is 0 Å². The molecule has 0 saturated carbocycles. The van der Waals surface area contributed by atoms with Gasteiger partial charge in [0.15, 0.2) is 5.78 Å². The fourth-order valence-electron chi connectivity index (χ4n) is 1.69. The minimum Gasteiger partial charge on any atom is -0.294 e. The van der Waals surface area contributed by atoms with E-state index in [-0.39, 0.29) is 5.78 Å². The highest BCUT2D eigenvalue weighted by Crippen LogP contribution is 2.11. The molecule has 16 heavy (non-hydrogen) atoms. The highest BCUT2D eigenvalue weighted by Gasteiger charge is 2.14. The van der Waals surface area contributed by atoms with Crippen LogP contribution in [0.2, 0.25) is 0 Å². The summed E-state index contributed by atoms with van der Waals surface area (Å²) in [5.41, 5.74) is 0.832. The first-order chi connectivity index (χ1) is 7.75. The zero-order valence-electron chi connectivity index (χ0n) is 8.99. The largest absolute Gasteiger partial charge is 0.294 e. The summed E-state index contributed by atoms with van der Waals surface area (Å²) in [5, 5.41) is 0. The summed E-state index contributed by atoms with van der Waals surface area (Å²) in [4.78, 5) is 14.2. The molecule has 0 N–H and O–H groups in total. The van der Waals surface area contributed by atoms with Crippen molar-refractivity contribution in [3.8, 4) is 0 Å². The average Bonchev–Trinajstić information content (AvgIpc) is 2.31. The lowest BCUT2D eigenvalue weighted by Crippen LogP contribution is -2.36. The van der Waals surface area contributed by atoms with Crippen molar-refractivity contribution in [1.29, 1.82) is 0 Å². The van der Waals surface area contributed by atoms with Crippen molar-refractivity contribution in [2.45, 2.75) is 0 Å². The molecule has 1 heterocycles. The fraction of sp³-hybridized carbons (Fsp3) is 0.417. The number of carbonyl (C=O) groups excluding carboxylic acids is 1. The maximum absolute atomic E-state index is 12.0. The number of Topliss-reactive ketones (excluding diaryl/α,β-unsaturated/α-hetero) is 1. The van der Waals surface area contributed by atoms with Gasteiger partial charge in [0.05, 0.1) is 6.54 Å². The molecule has 2 rings (SSSR count). The monoisotopic (exact) mass is 347 g/mol. The summed E-state index contributed by atoms with van der Waals surface area (Å²) in [5.74, 6) is 2.54. The topological polar surface area (TPSA) is 20.3 Å². The first kappa shape index (κ1) is 12.4. The minimum absolute atomic E-state index is 0.239. The van der Waals surface area contributed by atoms with Gasteiger partial charge in [-0.25, -0.2) is 0 Å². The van der Waals surface area contributed by atoms with E-state index in [2.05, 4.69) is 27.5 Å². The van der Waals surface area contributed by atoms with Gasteiger partial charge in [-0.2, -0.15) is 11.8 Å². The molecule has 1 aromatic rings. The van der Waals surface area contributed by atoms with E-state index in [1.54, 1.807) is 0 Å². The molecular formula is C12H14INOS. The van der Waals surface area contributed by atoms with E-state index in [9.17, 15) is 4.79 Å². The molecule has 0 radical (unpaired) electrons. The van der Waals surface area contributed by atoms with Crippen LogP contribution in [0.25, 0.3) is 0 Å². The lowest BCUT2D eigenvalue weighted by molar-refractivity contribution is 0.0937. The van der Waals surface area contributed by atoms with Crippen molar-refractivity contribution >= 4 is 40.1 Å². The van der Waals surface area contributed by atoms with Crippen LogP contribution in [0.5, 0.6) is 0 Å². The van der Waals surface area contributed by atoms with Crippen molar-refractivity contribution in [2.24, 2.45) is 0 Å². The van der Waals surface area contributed by atoms with Crippen LogP contribution in [0.1, 0.15) is 10.4 Å². The van der Waals surface area contributed by atoms with Crippen LogP contribution in [0.3, 0.4) is 0 Å². The molecule has 0 aromatic heterocycles. The van der Waals surface area contributed by atoms with E-state index in [0.29, 0.717) is 6.54 Å². The molecule has 0 unspecified atom stereocenters. The maximum Gasteiger partial charge on any atom is 0.176 e. The summed E-state index contributed by atoms with van der Waals surface area (Å²) in [7, 11) is 0. The third-order valence-electron chi connectivity index (χ3n) is 2.64. The lowest BCUT2D eigenvalue weighted by Gasteiger charge is -2.25. The van der Waals surface area contributed by atoms with E-state index < -0.39 is 0 Å². The smallest absolute Gasteiger partial charge is 0.176 e. The number of thioether (sulfide) groups is 1. The van der Waals surface area contributed by atoms with Crippen LogP contribution in [-0.4, -0.2) is 41.8 Å². The Bertz CT molecular complexity index is 360. The van der Waals surface area contributed by atoms with Crippen molar-refractivity contribution in [1.82, 2.24) is 4.90 Å². The number of benzene rings is 1. The number of nitrogens with zero attached hydrogens (tertiary/aromatic N) is 1. The lowest BCUT2D eigenvalue weighted by atomic mass is 10.1. The molecule has 4 heteroatoms. The molecule has 0 spiro atoms. The number of ketones is 1. The van der Waals surface area contributed by atoms with Crippen LogP contribution in [0, 0.1) is 3.57 Å². The van der Waals surface area contributed by atoms with Gasteiger partial charge < -0.3 is 0 Å². The van der Waals surface area contributed by atoms with Crippen LogP contribution >= 0.6 is 34.4 Å². The molecule has 1 aliphatic rings. The Kier molecular flexibility index (Phi) is 4.66. The molecule has 0 amide bonds. The van der Waals surface area contributed by atoms with E-state index >= 15 is 0 Å². The van der Waals surface area contributed by atoms with Gasteiger partial charge in [0.25, 0.3) is 0 Å². The zero-order chi connectivity index (χ0) is 11.4. The van der Waals surface area contributed by atoms with Crippen LogP contribution in [-0.2, 0) is 0 Å². The predicted molar refractivity (Wildman–Crippen MR) is 77.3 cm³/mol. The number of rotatable bonds is 3. The van der Waals surface area contributed by atoms with Gasteiger partial charge in [0.2, 0.25) is 0 Å². The number of halogens is 1. The quantitative estimate of drug-likeness (QED) is 0.619. The normalized spacial score (nSPS) is 17.3. The number of carbonyl (C=O) groups is 1. The molecule has 1 aliphatic heterocycles. The Balaban J connectivity index is 1.94. The van der Waals surface area contributed by atoms with E-state index in [4.69, 9.17) is 0 Å². The van der Waals surface area contributed by atoms with Crippen molar-refractivity contribution in [2.75, 3.05) is 31.1 Å². The second-order valence-electron chi connectivity index (χ2n) is 3.82. The SMILES string of the molecule is O=C(CN1CCSCC1)c1ccc(I)cc1. The van der Waals surface area contributed by atoms with Crippen molar-refractivity contribution in [3.63, 3.8) is 0 Å². The van der Waals surface area contributed by atoms with E-state index in [1.165, 1.54) is 3.57 Å². The molecule has 1 saturated heterocycles. The molecule has 0 bridgehead atoms. The van der Waals surface area contributed by atoms with Crippen LogP contribution in [0.15, 0.2) is 24.3 Å². The van der Waals surface area contributed by atoms with Gasteiger partial charge in [-0.05, 0) is 34.7 Å². The predicted octanol–water partition coefficient (Wildman–Crippen LogP) is 2.52. The van der Waals surface area contributed by atoms with Gasteiger partial charge in [-0.15, -0.1) is 0 Å². The maximum atomic E-state index is 12.0. The Labute approximate surface area is 114 Å². The van der Waals surface area contributed by atoms with Crippen molar-refractivity contribution in [3.05, 3.63) is 33.4 Å². The van der Waals surface area contributed by atoms with Crippen LogP contribution < -0.4 is 0 Å². The molecule has 0 aliphatic carbocycles. The van der Waals surface area contributed by atoms with Gasteiger partial charge >= 0.3 is 0 Å². The zero-order valence-corrected chi connectivity index (χ0v) is 12.0. The summed E-state index contributed by atoms with van der Waals surface area (Å²) < 4.78 is 1.17. The Morgan fingerprint density at radius 1 is 1.25 bits per heavy atom. The fourth-order valence-corrected chi connectivity index (χ4v) is 3.03. The van der Waals surface area contributed by atoms with Gasteiger partial charge in [0, 0.05) is 33.7 Å². The van der Waals surface area contributed by atoms with Crippen LogP contribution in [0.4, 0.5) is 0 Å². The highest BCUT2D eigenvalue weighted by atomic mass is 127. The molecular weight excluding hydrogens is 333 g/mol. The van der Waals surface area contributed by atoms with Gasteiger partial charge in [-0.1, -0.05) is 12.1 Å². The van der Waals surface area contributed by atoms with E-state index in [1.807, 2.05) is 36.0 Å². The highest BCUT2D eigenvalue weighted by molar-refractivity contribution is 14.1. The van der Waals surface area contributed by atoms with Gasteiger partial charge in [-0.3, -0.25) is 9.69 Å². The first-order valence-corrected chi connectivity index (χ1v) is 7.58. The standard InChI is InChI=1S/C12H14INOS/c13-11-3-1-10(2-4-11)12(15)9-14-5-7-16-8-6-14/h1-4H,5-9H2. The summed E-state index contributed by atoms with van der Waals surface area (Å²) in [6.07, 6.45) is 0. The van der Waals surface area contributed by atoms with E-state index in [0.717, 1.165) is 30.2 Å². The molecule has 1 aromatic carbocycles. The third-order valence-corrected chi connectivity index (χ3v) is 4.30. The molecule has 1 fully saturated rings. The Morgan fingerprint density at radius 2 is 1.88 bits per heavy atom. The third kappa shape index (κ3) is 3.46. The second kappa shape index (κ2) is 6.02. The number of hydrogen-bond donors (Lipinski definition) is 0. The molecule has 2 nitrogen and oxygen atoms in total. The first-order valence-electron chi connectivity index (χ1n) is 5.34. The second-order valence-corrected chi connectivity index (χ2v) is 6.29. The molecule has 0 atom stereocenters. The average molecular weight is 347 g/mol. The molecule has 86 valence electrons. The summed E-state index contributed by atoms with van der Waals surface area (Å²) in [6, 6.07) is 7.81. The summed E-state index contributed by atoms with van der Waals surface area (Å²) >= 11 is 4.22. The number of hydrogen-bond acceptors (Lipinski definition) is 3.